The van der Waals surface area contributed by atoms with E-state index in [4.69, 9.17) is 14.2 Å². The van der Waals surface area contributed by atoms with Crippen LogP contribution in [-0.2, 0) is 28.6 Å². The van der Waals surface area contributed by atoms with Crippen LogP contribution >= 0.6 is 0 Å². The summed E-state index contributed by atoms with van der Waals surface area (Å²) in [6.07, 6.45) is 89.3. The van der Waals surface area contributed by atoms with Gasteiger partial charge in [0.1, 0.15) is 13.2 Å². The Morgan fingerprint density at radius 1 is 0.263 bits per heavy atom. The molecule has 0 amide bonds. The van der Waals surface area contributed by atoms with E-state index in [1.54, 1.807) is 0 Å². The van der Waals surface area contributed by atoms with Gasteiger partial charge < -0.3 is 14.2 Å². The highest BCUT2D eigenvalue weighted by atomic mass is 16.6. The molecule has 1 atom stereocenters. The highest BCUT2D eigenvalue weighted by Gasteiger charge is 2.19. The van der Waals surface area contributed by atoms with Crippen LogP contribution in [0.2, 0.25) is 0 Å². The molecule has 464 valence electrons. The van der Waals surface area contributed by atoms with Crippen LogP contribution in [0.15, 0.2) is 72.9 Å². The molecule has 0 aromatic heterocycles. The van der Waals surface area contributed by atoms with E-state index in [1.165, 1.54) is 225 Å². The number of allylic oxidation sites excluding steroid dienone is 12. The van der Waals surface area contributed by atoms with E-state index in [9.17, 15) is 14.4 Å². The molecule has 80 heavy (non-hydrogen) atoms. The predicted octanol–water partition coefficient (Wildman–Crippen LogP) is 24.1. The molecular formula is C74H132O6. The van der Waals surface area contributed by atoms with Gasteiger partial charge in [-0.3, -0.25) is 14.4 Å². The molecule has 0 bridgehead atoms. The highest BCUT2D eigenvalue weighted by Crippen LogP contribution is 2.18. The van der Waals surface area contributed by atoms with Crippen molar-refractivity contribution in [1.82, 2.24) is 0 Å². The molecule has 0 saturated carbocycles. The van der Waals surface area contributed by atoms with Crippen LogP contribution in [0.25, 0.3) is 0 Å². The average molecular weight is 1120 g/mol. The molecule has 0 saturated heterocycles. The van der Waals surface area contributed by atoms with Crippen LogP contribution in [0.4, 0.5) is 0 Å². The van der Waals surface area contributed by atoms with Gasteiger partial charge in [0.2, 0.25) is 0 Å². The zero-order valence-corrected chi connectivity index (χ0v) is 53.3. The number of hydrogen-bond acceptors (Lipinski definition) is 6. The van der Waals surface area contributed by atoms with Crippen LogP contribution in [0.3, 0.4) is 0 Å². The van der Waals surface area contributed by atoms with Gasteiger partial charge in [-0.2, -0.15) is 0 Å². The maximum atomic E-state index is 12.9. The maximum absolute atomic E-state index is 12.9. The van der Waals surface area contributed by atoms with Crippen molar-refractivity contribution >= 4 is 17.9 Å². The molecular weight excluding hydrogens is 985 g/mol. The lowest BCUT2D eigenvalue weighted by Crippen LogP contribution is -2.30. The van der Waals surface area contributed by atoms with Gasteiger partial charge in [0, 0.05) is 19.3 Å². The van der Waals surface area contributed by atoms with Gasteiger partial charge in [-0.15, -0.1) is 0 Å². The lowest BCUT2D eigenvalue weighted by molar-refractivity contribution is -0.167. The molecule has 0 heterocycles. The normalized spacial score (nSPS) is 12.5. The molecule has 0 aliphatic heterocycles. The Hall–Kier alpha value is -3.15. The van der Waals surface area contributed by atoms with Gasteiger partial charge in [-0.25, -0.2) is 0 Å². The molecule has 1 unspecified atom stereocenters. The van der Waals surface area contributed by atoms with Crippen molar-refractivity contribution in [3.63, 3.8) is 0 Å². The molecule has 0 rings (SSSR count). The first-order valence-electron chi connectivity index (χ1n) is 34.9. The summed E-state index contributed by atoms with van der Waals surface area (Å²) >= 11 is 0. The molecule has 0 aliphatic carbocycles. The fourth-order valence-corrected chi connectivity index (χ4v) is 10.2. The number of unbranched alkanes of at least 4 members (excludes halogenated alkanes) is 41. The monoisotopic (exact) mass is 1120 g/mol. The molecule has 0 aliphatic rings. The van der Waals surface area contributed by atoms with E-state index in [0.717, 1.165) is 96.3 Å². The van der Waals surface area contributed by atoms with Crippen LogP contribution in [0, 0.1) is 0 Å². The Labute approximate surface area is 497 Å². The van der Waals surface area contributed by atoms with Crippen molar-refractivity contribution in [1.29, 1.82) is 0 Å². The third-order valence-electron chi connectivity index (χ3n) is 15.4. The molecule has 0 spiro atoms. The fraction of sp³-hybridized carbons (Fsp3) is 0.797. The van der Waals surface area contributed by atoms with Crippen LogP contribution in [-0.4, -0.2) is 37.2 Å². The Kier molecular flexibility index (Phi) is 65.7. The van der Waals surface area contributed by atoms with E-state index in [0.29, 0.717) is 19.3 Å². The van der Waals surface area contributed by atoms with Gasteiger partial charge in [-0.1, -0.05) is 325 Å². The molecule has 0 radical (unpaired) electrons. The summed E-state index contributed by atoms with van der Waals surface area (Å²) in [5.74, 6) is -0.858. The van der Waals surface area contributed by atoms with Crippen molar-refractivity contribution in [2.45, 2.75) is 367 Å². The molecule has 6 heteroatoms. The van der Waals surface area contributed by atoms with Crippen molar-refractivity contribution < 1.29 is 28.6 Å². The third kappa shape index (κ3) is 65.7. The van der Waals surface area contributed by atoms with Gasteiger partial charge in [-0.05, 0) is 89.9 Å². The Bertz CT molecular complexity index is 1470. The molecule has 0 N–H and O–H groups in total. The second-order valence-electron chi connectivity index (χ2n) is 23.4. The van der Waals surface area contributed by atoms with Crippen molar-refractivity contribution in [3.05, 3.63) is 72.9 Å². The minimum absolute atomic E-state index is 0.0728. The second-order valence-corrected chi connectivity index (χ2v) is 23.4. The summed E-state index contributed by atoms with van der Waals surface area (Å²) in [7, 11) is 0. The number of esters is 3. The van der Waals surface area contributed by atoms with Gasteiger partial charge >= 0.3 is 17.9 Å². The van der Waals surface area contributed by atoms with Gasteiger partial charge in [0.25, 0.3) is 0 Å². The first-order valence-corrected chi connectivity index (χ1v) is 34.9. The number of carbonyl (C=O) groups is 3. The minimum atomic E-state index is -0.777. The highest BCUT2D eigenvalue weighted by molar-refractivity contribution is 5.71. The second kappa shape index (κ2) is 68.3. The van der Waals surface area contributed by atoms with E-state index < -0.39 is 6.10 Å². The van der Waals surface area contributed by atoms with Crippen molar-refractivity contribution in [2.75, 3.05) is 13.2 Å². The van der Waals surface area contributed by atoms with Crippen molar-refractivity contribution in [3.8, 4) is 0 Å². The summed E-state index contributed by atoms with van der Waals surface area (Å²) in [6.45, 7) is 6.56. The summed E-state index contributed by atoms with van der Waals surface area (Å²) in [5, 5.41) is 0. The average Bonchev–Trinajstić information content (AvgIpc) is 3.46. The lowest BCUT2D eigenvalue weighted by Gasteiger charge is -2.18. The predicted molar refractivity (Wildman–Crippen MR) is 348 cm³/mol. The molecule has 0 aromatic rings. The maximum Gasteiger partial charge on any atom is 0.306 e. The first kappa shape index (κ1) is 76.9. The third-order valence-corrected chi connectivity index (χ3v) is 15.4. The molecule has 0 fully saturated rings. The van der Waals surface area contributed by atoms with E-state index in [-0.39, 0.29) is 31.1 Å². The topological polar surface area (TPSA) is 78.9 Å². The van der Waals surface area contributed by atoms with E-state index >= 15 is 0 Å². The summed E-state index contributed by atoms with van der Waals surface area (Å²) < 4.78 is 17.0. The zero-order valence-electron chi connectivity index (χ0n) is 53.3. The first-order chi connectivity index (χ1) is 39.5. The molecule has 6 nitrogen and oxygen atoms in total. The summed E-state index contributed by atoms with van der Waals surface area (Å²) in [4.78, 5) is 38.4. The van der Waals surface area contributed by atoms with E-state index in [2.05, 4.69) is 93.7 Å². The number of ether oxygens (including phenoxy) is 3. The Morgan fingerprint density at radius 2 is 0.487 bits per heavy atom. The number of hydrogen-bond donors (Lipinski definition) is 0. The summed E-state index contributed by atoms with van der Waals surface area (Å²) in [6, 6.07) is 0. The quantitative estimate of drug-likeness (QED) is 0.0261. The SMILES string of the molecule is CC/C=C\C/C=C\C/C=C\C/C=C\CCCCCCCCCCCCCCCCCCCCC(=O)OCC(COC(=O)CCCCCCCCCCCCCCC)OC(=O)CCCCCCCCC/C=C\C/C=C\CCCCCC. The largest absolute Gasteiger partial charge is 0.462 e. The fourth-order valence-electron chi connectivity index (χ4n) is 10.2. The Morgan fingerprint density at radius 3 is 0.775 bits per heavy atom. The minimum Gasteiger partial charge on any atom is -0.462 e. The lowest BCUT2D eigenvalue weighted by atomic mass is 10.0. The van der Waals surface area contributed by atoms with E-state index in [1.807, 2.05) is 0 Å². The number of carbonyl (C=O) groups excluding carboxylic acids is 3. The molecule has 0 aromatic carbocycles. The summed E-state index contributed by atoms with van der Waals surface area (Å²) in [5.41, 5.74) is 0. The zero-order chi connectivity index (χ0) is 57.8. The van der Waals surface area contributed by atoms with Gasteiger partial charge in [0.05, 0.1) is 0 Å². The van der Waals surface area contributed by atoms with Gasteiger partial charge in [0.15, 0.2) is 6.10 Å². The smallest absolute Gasteiger partial charge is 0.306 e. The number of rotatable bonds is 64. The van der Waals surface area contributed by atoms with Crippen LogP contribution in [0.5, 0.6) is 0 Å². The Balaban J connectivity index is 4.18. The standard InChI is InChI=1S/C74H132O6/c1-4-7-10-13-16-19-22-25-27-29-31-32-33-34-35-36-37-38-39-40-41-42-43-45-46-49-52-55-58-61-64-67-73(76)79-70-71(69-78-72(75)66-63-60-57-54-51-48-24-21-18-15-12-9-6-3)80-74(77)68-65-62-59-56-53-50-47-44-30-28-26-23-20-17-14-11-8-5-2/h7,10,16,19-20,23,25,27-28,30-32,71H,4-6,8-9,11-15,17-18,21-22,24,26,29,33-70H2,1-3H3/b10-7-,19-16-,23-20-,27-25-,30-28-,32-31-. The van der Waals surface area contributed by atoms with Crippen LogP contribution in [0.1, 0.15) is 361 Å². The van der Waals surface area contributed by atoms with Crippen LogP contribution < -0.4 is 0 Å². The van der Waals surface area contributed by atoms with Crippen molar-refractivity contribution in [2.24, 2.45) is 0 Å².